The first kappa shape index (κ1) is 36.0. The number of likely N-dealkylation sites (tertiary alicyclic amines) is 2. The van der Waals surface area contributed by atoms with Gasteiger partial charge in [-0.3, -0.25) is 14.5 Å². The second-order valence-corrected chi connectivity index (χ2v) is 14.5. The van der Waals surface area contributed by atoms with Gasteiger partial charge in [0.1, 0.15) is 30.2 Å². The van der Waals surface area contributed by atoms with E-state index in [0.29, 0.717) is 72.5 Å². The molecule has 2 aromatic carbocycles. The third kappa shape index (κ3) is 7.20. The molecule has 0 saturated carbocycles. The van der Waals surface area contributed by atoms with E-state index >= 15 is 4.39 Å². The summed E-state index contributed by atoms with van der Waals surface area (Å²) < 4.78 is 41.5. The molecule has 2 aliphatic heterocycles. The van der Waals surface area contributed by atoms with Crippen LogP contribution in [0.5, 0.6) is 11.8 Å². The van der Waals surface area contributed by atoms with E-state index in [0.717, 1.165) is 24.0 Å². The molecule has 3 aliphatic rings. The van der Waals surface area contributed by atoms with E-state index in [1.807, 2.05) is 41.8 Å². The maximum absolute atomic E-state index is 15.1. The number of hydrogen-bond acceptors (Lipinski definition) is 8. The number of ether oxygens (including phenoxy) is 2. The van der Waals surface area contributed by atoms with Crippen LogP contribution in [-0.4, -0.2) is 89.7 Å². The third-order valence-corrected chi connectivity index (χ3v) is 10.4. The minimum absolute atomic E-state index is 0.0163. The molecule has 2 saturated heterocycles. The van der Waals surface area contributed by atoms with Crippen LogP contribution in [0.15, 0.2) is 36.9 Å². The van der Waals surface area contributed by atoms with Crippen molar-refractivity contribution in [3.05, 3.63) is 65.1 Å². The summed E-state index contributed by atoms with van der Waals surface area (Å²) in [6.07, 6.45) is 11.4. The first-order valence-corrected chi connectivity index (χ1v) is 17.5. The Bertz CT molecular complexity index is 1960. The fraction of sp³-hybridized carbons (Fsp3) is 0.450. The lowest BCUT2D eigenvalue weighted by Crippen LogP contribution is -2.43. The maximum Gasteiger partial charge on any atom is 0.318 e. The van der Waals surface area contributed by atoms with Crippen molar-refractivity contribution < 1.29 is 27.8 Å². The van der Waals surface area contributed by atoms with Gasteiger partial charge >= 0.3 is 12.0 Å². The van der Waals surface area contributed by atoms with Crippen molar-refractivity contribution in [1.82, 2.24) is 19.8 Å². The van der Waals surface area contributed by atoms with Gasteiger partial charge in [0.05, 0.1) is 22.7 Å². The number of benzene rings is 2. The molecule has 9 nitrogen and oxygen atoms in total. The number of aromatic nitrogens is 2. The molecule has 6 rings (SSSR count). The highest BCUT2D eigenvalue weighted by atomic mass is 19.1. The Hall–Kier alpha value is -4.82. The number of allylic oxidation sites excluding steroid dienone is 1. The van der Waals surface area contributed by atoms with Crippen molar-refractivity contribution in [2.24, 2.45) is 5.92 Å². The molecule has 1 amide bonds. The molecule has 1 aliphatic carbocycles. The lowest BCUT2D eigenvalue weighted by Gasteiger charge is -2.32. The van der Waals surface area contributed by atoms with Crippen molar-refractivity contribution >= 4 is 40.1 Å². The normalized spacial score (nSPS) is 21.7. The van der Waals surface area contributed by atoms with Gasteiger partial charge < -0.3 is 19.3 Å². The van der Waals surface area contributed by atoms with E-state index in [4.69, 9.17) is 25.9 Å². The standard InChI is InChI=1S/C40H45F2N5O4/c1-8-30-33(42)15-13-26-17-29(51-38(49)24(3)4)19-32(36(26)30)25-12-14-31-34(18-25)43-39(50-23-40(5)20-27(41)21-46(40)7)44-37(31)45(6)22-28-11-10-16-47(28)35(48)9-2/h1,9,13,15,17-19,24,27-28H,2,10-12,14,16,20-23H2,3-7H3/t27-,28+,40+/m1/s1. The summed E-state index contributed by atoms with van der Waals surface area (Å²) in [5.41, 5.74) is 2.58. The molecule has 1 aromatic heterocycles. The number of terminal acetylenes is 1. The van der Waals surface area contributed by atoms with Crippen molar-refractivity contribution in [1.29, 1.82) is 0 Å². The third-order valence-electron chi connectivity index (χ3n) is 10.4. The molecular weight excluding hydrogens is 652 g/mol. The van der Waals surface area contributed by atoms with Gasteiger partial charge in [0.2, 0.25) is 5.91 Å². The zero-order chi connectivity index (χ0) is 36.6. The molecule has 268 valence electrons. The molecule has 3 heterocycles. The number of hydrogen-bond donors (Lipinski definition) is 0. The van der Waals surface area contributed by atoms with Gasteiger partial charge in [0.25, 0.3) is 0 Å². The Balaban J connectivity index is 1.44. The highest BCUT2D eigenvalue weighted by Gasteiger charge is 2.41. The molecule has 0 unspecified atom stereocenters. The van der Waals surface area contributed by atoms with Crippen LogP contribution in [0.4, 0.5) is 14.6 Å². The number of likely N-dealkylation sites (N-methyl/N-ethyl adjacent to an activating group) is 2. The number of nitrogens with zero attached hydrogens (tertiary/aromatic N) is 5. The Morgan fingerprint density at radius 2 is 2.04 bits per heavy atom. The number of amides is 1. The fourth-order valence-corrected chi connectivity index (χ4v) is 7.46. The zero-order valence-electron chi connectivity index (χ0n) is 30.0. The van der Waals surface area contributed by atoms with Gasteiger partial charge in [-0.15, -0.1) is 6.42 Å². The van der Waals surface area contributed by atoms with Crippen molar-refractivity contribution in [3.8, 4) is 24.1 Å². The van der Waals surface area contributed by atoms with E-state index in [1.54, 1.807) is 32.0 Å². The number of halogens is 2. The first-order valence-electron chi connectivity index (χ1n) is 17.5. The lowest BCUT2D eigenvalue weighted by atomic mass is 9.87. The van der Waals surface area contributed by atoms with Gasteiger partial charge in [-0.1, -0.05) is 32.4 Å². The smallest absolute Gasteiger partial charge is 0.318 e. The van der Waals surface area contributed by atoms with E-state index < -0.39 is 17.5 Å². The van der Waals surface area contributed by atoms with Gasteiger partial charge in [-0.25, -0.2) is 8.78 Å². The average molecular weight is 698 g/mol. The summed E-state index contributed by atoms with van der Waals surface area (Å²) in [4.78, 5) is 40.8. The van der Waals surface area contributed by atoms with Crippen molar-refractivity contribution in [2.75, 3.05) is 45.2 Å². The van der Waals surface area contributed by atoms with Crippen LogP contribution in [0.1, 0.15) is 68.8 Å². The molecule has 3 atom stereocenters. The summed E-state index contributed by atoms with van der Waals surface area (Å²) in [5, 5.41) is 1.19. The molecule has 0 bridgehead atoms. The minimum atomic E-state index is -0.948. The number of carbonyl (C=O) groups excluding carboxylic acids is 2. The SMILES string of the molecule is C#Cc1c(F)ccc2cc(OC(=O)C(C)C)cc(C3=Cc4nc(OC[C@]5(C)C[C@@H](F)CN5C)nc(N(C)C[C@@H]5CCCN5C(=O)C=C)c4CC3)c12. The number of esters is 1. The molecule has 11 heteroatoms. The Labute approximate surface area is 298 Å². The Morgan fingerprint density at radius 3 is 2.73 bits per heavy atom. The lowest BCUT2D eigenvalue weighted by molar-refractivity contribution is -0.137. The van der Waals surface area contributed by atoms with E-state index in [2.05, 4.69) is 12.5 Å². The predicted molar refractivity (Wildman–Crippen MR) is 195 cm³/mol. The number of anilines is 1. The Kier molecular flexibility index (Phi) is 10.2. The summed E-state index contributed by atoms with van der Waals surface area (Å²) in [7, 11) is 3.83. The van der Waals surface area contributed by atoms with Crippen LogP contribution in [0, 0.1) is 24.1 Å². The quantitative estimate of drug-likeness (QED) is 0.107. The zero-order valence-corrected chi connectivity index (χ0v) is 30.0. The molecule has 51 heavy (non-hydrogen) atoms. The van der Waals surface area contributed by atoms with Crippen LogP contribution >= 0.6 is 0 Å². The first-order chi connectivity index (χ1) is 24.3. The second-order valence-electron chi connectivity index (χ2n) is 14.5. The van der Waals surface area contributed by atoms with Crippen LogP contribution < -0.4 is 14.4 Å². The largest absolute Gasteiger partial charge is 0.461 e. The van der Waals surface area contributed by atoms with Crippen LogP contribution in [0.3, 0.4) is 0 Å². The van der Waals surface area contributed by atoms with E-state index in [1.165, 1.54) is 12.1 Å². The highest BCUT2D eigenvalue weighted by molar-refractivity contribution is 6.02. The Morgan fingerprint density at radius 1 is 1.25 bits per heavy atom. The molecule has 0 spiro atoms. The predicted octanol–water partition coefficient (Wildman–Crippen LogP) is 6.22. The van der Waals surface area contributed by atoms with Gasteiger partial charge in [0, 0.05) is 50.1 Å². The van der Waals surface area contributed by atoms with Gasteiger partial charge in [-0.2, -0.15) is 9.97 Å². The van der Waals surface area contributed by atoms with E-state index in [9.17, 15) is 14.0 Å². The van der Waals surface area contributed by atoms with Gasteiger partial charge in [0.15, 0.2) is 0 Å². The maximum atomic E-state index is 15.1. The summed E-state index contributed by atoms with van der Waals surface area (Å²) in [5.74, 6) is 2.19. The number of rotatable bonds is 10. The molecule has 0 N–H and O–H groups in total. The fourth-order valence-electron chi connectivity index (χ4n) is 7.46. The van der Waals surface area contributed by atoms with Crippen molar-refractivity contribution in [3.63, 3.8) is 0 Å². The van der Waals surface area contributed by atoms with Gasteiger partial charge in [-0.05, 0) is 86.5 Å². The number of fused-ring (bicyclic) bond motifs is 2. The van der Waals surface area contributed by atoms with Crippen LogP contribution in [-0.2, 0) is 16.0 Å². The van der Waals surface area contributed by atoms with E-state index in [-0.39, 0.29) is 42.0 Å². The van der Waals surface area contributed by atoms with Crippen LogP contribution in [0.2, 0.25) is 0 Å². The van der Waals surface area contributed by atoms with Crippen molar-refractivity contribution in [2.45, 2.75) is 70.6 Å². The number of carbonyl (C=O) groups is 2. The second kappa shape index (κ2) is 14.4. The summed E-state index contributed by atoms with van der Waals surface area (Å²) in [6.45, 7) is 10.9. The number of alkyl halides is 1. The van der Waals surface area contributed by atoms with Crippen LogP contribution in [0.25, 0.3) is 22.4 Å². The molecule has 3 aromatic rings. The monoisotopic (exact) mass is 697 g/mol. The highest BCUT2D eigenvalue weighted by Crippen LogP contribution is 2.41. The summed E-state index contributed by atoms with van der Waals surface area (Å²) >= 11 is 0. The topological polar surface area (TPSA) is 88.1 Å². The molecular formula is C40H45F2N5O4. The summed E-state index contributed by atoms with van der Waals surface area (Å²) in [6, 6.07) is 6.52. The average Bonchev–Trinajstić information content (AvgIpc) is 3.67. The minimum Gasteiger partial charge on any atom is -0.461 e. The molecule has 0 radical (unpaired) electrons. The molecule has 2 fully saturated rings.